The van der Waals surface area contributed by atoms with Gasteiger partial charge in [-0.1, -0.05) is 25.2 Å². The Labute approximate surface area is 137 Å². The van der Waals surface area contributed by atoms with E-state index in [1.807, 2.05) is 0 Å². The summed E-state index contributed by atoms with van der Waals surface area (Å²) in [5, 5.41) is 0.388. The molecule has 1 aliphatic rings. The summed E-state index contributed by atoms with van der Waals surface area (Å²) in [6.07, 6.45) is 1.82. The Kier molecular flexibility index (Phi) is 4.59. The van der Waals surface area contributed by atoms with Crippen molar-refractivity contribution in [2.75, 3.05) is 18.1 Å². The molecule has 0 N–H and O–H groups in total. The number of aromatic nitrogens is 1. The van der Waals surface area contributed by atoms with E-state index in [0.29, 0.717) is 23.0 Å². The quantitative estimate of drug-likeness (QED) is 0.851. The molecule has 1 fully saturated rings. The molecule has 124 valence electrons. The number of amides is 1. The minimum absolute atomic E-state index is 0.0358. The lowest BCUT2D eigenvalue weighted by Gasteiger charge is -2.24. The maximum atomic E-state index is 13.9. The van der Waals surface area contributed by atoms with Crippen LogP contribution in [0.3, 0.4) is 0 Å². The zero-order valence-corrected chi connectivity index (χ0v) is 13.8. The molecule has 1 saturated heterocycles. The standard InChI is InChI=1S/C16H18F2N2O2S/c1-9(2)15(21)20(8-11-4-3-5-22-11)16-19-14-12(18)6-10(17)7-13(14)23-16/h6-7,9,11H,3-5,8H2,1-2H3. The summed E-state index contributed by atoms with van der Waals surface area (Å²) in [6.45, 7) is 4.69. The van der Waals surface area contributed by atoms with Gasteiger partial charge in [-0.2, -0.15) is 0 Å². The average molecular weight is 340 g/mol. The Hall–Kier alpha value is -1.60. The third-order valence-corrected chi connectivity index (χ3v) is 4.83. The highest BCUT2D eigenvalue weighted by molar-refractivity contribution is 7.22. The van der Waals surface area contributed by atoms with Crippen LogP contribution in [0.4, 0.5) is 13.9 Å². The largest absolute Gasteiger partial charge is 0.376 e. The summed E-state index contributed by atoms with van der Waals surface area (Å²) in [5.41, 5.74) is 0.0975. The van der Waals surface area contributed by atoms with Crippen LogP contribution in [0.15, 0.2) is 12.1 Å². The third-order valence-electron chi connectivity index (χ3n) is 3.80. The van der Waals surface area contributed by atoms with Gasteiger partial charge in [0.1, 0.15) is 11.3 Å². The first-order valence-corrected chi connectivity index (χ1v) is 8.46. The third kappa shape index (κ3) is 3.35. The molecule has 0 bridgehead atoms. The number of nitrogens with zero attached hydrogens (tertiary/aromatic N) is 2. The average Bonchev–Trinajstić information content (AvgIpc) is 3.12. The number of rotatable bonds is 4. The normalized spacial score (nSPS) is 18.0. The van der Waals surface area contributed by atoms with Gasteiger partial charge in [-0.05, 0) is 18.9 Å². The number of hydrogen-bond donors (Lipinski definition) is 0. The van der Waals surface area contributed by atoms with Crippen molar-refractivity contribution in [1.29, 1.82) is 0 Å². The fourth-order valence-electron chi connectivity index (χ4n) is 2.63. The number of carbonyl (C=O) groups excluding carboxylic acids is 1. The predicted molar refractivity (Wildman–Crippen MR) is 85.7 cm³/mol. The van der Waals surface area contributed by atoms with Crippen molar-refractivity contribution < 1.29 is 18.3 Å². The van der Waals surface area contributed by atoms with Crippen molar-refractivity contribution in [3.8, 4) is 0 Å². The molecule has 0 spiro atoms. The van der Waals surface area contributed by atoms with Gasteiger partial charge in [0, 0.05) is 18.6 Å². The summed E-state index contributed by atoms with van der Waals surface area (Å²) < 4.78 is 33.2. The van der Waals surface area contributed by atoms with Crippen LogP contribution in [-0.4, -0.2) is 30.1 Å². The van der Waals surface area contributed by atoms with Crippen LogP contribution >= 0.6 is 11.3 Å². The summed E-state index contributed by atoms with van der Waals surface area (Å²) >= 11 is 1.12. The van der Waals surface area contributed by atoms with E-state index in [9.17, 15) is 13.6 Å². The lowest BCUT2D eigenvalue weighted by atomic mass is 10.1. The van der Waals surface area contributed by atoms with E-state index in [2.05, 4.69) is 4.98 Å². The summed E-state index contributed by atoms with van der Waals surface area (Å²) in [5.74, 6) is -1.67. The van der Waals surface area contributed by atoms with Crippen molar-refractivity contribution in [2.24, 2.45) is 5.92 Å². The van der Waals surface area contributed by atoms with Gasteiger partial charge < -0.3 is 4.74 Å². The Morgan fingerprint density at radius 1 is 1.48 bits per heavy atom. The highest BCUT2D eigenvalue weighted by Gasteiger charge is 2.28. The molecule has 23 heavy (non-hydrogen) atoms. The smallest absolute Gasteiger partial charge is 0.231 e. The number of anilines is 1. The molecule has 0 radical (unpaired) electrons. The van der Waals surface area contributed by atoms with E-state index in [-0.39, 0.29) is 23.4 Å². The summed E-state index contributed by atoms with van der Waals surface area (Å²) in [7, 11) is 0. The minimum Gasteiger partial charge on any atom is -0.376 e. The van der Waals surface area contributed by atoms with E-state index >= 15 is 0 Å². The zero-order chi connectivity index (χ0) is 16.6. The second-order valence-electron chi connectivity index (χ2n) is 5.97. The van der Waals surface area contributed by atoms with Crippen molar-refractivity contribution in [2.45, 2.75) is 32.8 Å². The molecule has 4 nitrogen and oxygen atoms in total. The van der Waals surface area contributed by atoms with Gasteiger partial charge >= 0.3 is 0 Å². The Balaban J connectivity index is 1.97. The lowest BCUT2D eigenvalue weighted by Crippen LogP contribution is -2.39. The van der Waals surface area contributed by atoms with Crippen molar-refractivity contribution in [1.82, 2.24) is 4.98 Å². The number of thiazole rings is 1. The van der Waals surface area contributed by atoms with Gasteiger partial charge in [-0.25, -0.2) is 13.8 Å². The molecule has 1 atom stereocenters. The first-order valence-electron chi connectivity index (χ1n) is 7.64. The van der Waals surface area contributed by atoms with E-state index < -0.39 is 11.6 Å². The molecule has 7 heteroatoms. The molecule has 3 rings (SSSR count). The lowest BCUT2D eigenvalue weighted by molar-refractivity contribution is -0.121. The van der Waals surface area contributed by atoms with Crippen LogP contribution in [0.25, 0.3) is 10.2 Å². The van der Waals surface area contributed by atoms with E-state index in [0.717, 1.165) is 30.2 Å². The number of carbonyl (C=O) groups is 1. The molecule has 1 aromatic heterocycles. The van der Waals surface area contributed by atoms with Crippen LogP contribution in [0, 0.1) is 17.6 Å². The fourth-order valence-corrected chi connectivity index (χ4v) is 3.65. The highest BCUT2D eigenvalue weighted by atomic mass is 32.1. The second kappa shape index (κ2) is 6.49. The summed E-state index contributed by atoms with van der Waals surface area (Å²) in [6, 6.07) is 2.05. The van der Waals surface area contributed by atoms with Crippen LogP contribution < -0.4 is 4.90 Å². The second-order valence-corrected chi connectivity index (χ2v) is 6.98. The SMILES string of the molecule is CC(C)C(=O)N(CC1CCCO1)c1nc2c(F)cc(F)cc2s1. The number of fused-ring (bicyclic) bond motifs is 1. The molecule has 1 aliphatic heterocycles. The van der Waals surface area contributed by atoms with Gasteiger partial charge in [0.2, 0.25) is 5.91 Å². The number of ether oxygens (including phenoxy) is 1. The number of hydrogen-bond acceptors (Lipinski definition) is 4. The van der Waals surface area contributed by atoms with Crippen LogP contribution in [-0.2, 0) is 9.53 Å². The van der Waals surface area contributed by atoms with E-state index in [4.69, 9.17) is 4.74 Å². The van der Waals surface area contributed by atoms with Gasteiger partial charge in [0.25, 0.3) is 0 Å². The number of halogens is 2. The molecule has 1 amide bonds. The topological polar surface area (TPSA) is 42.4 Å². The molecule has 2 aromatic rings. The summed E-state index contributed by atoms with van der Waals surface area (Å²) in [4.78, 5) is 18.3. The van der Waals surface area contributed by atoms with Gasteiger partial charge in [0.15, 0.2) is 10.9 Å². The van der Waals surface area contributed by atoms with Crippen LogP contribution in [0.1, 0.15) is 26.7 Å². The molecular weight excluding hydrogens is 322 g/mol. The molecule has 2 heterocycles. The molecule has 1 unspecified atom stereocenters. The maximum Gasteiger partial charge on any atom is 0.231 e. The Morgan fingerprint density at radius 2 is 2.26 bits per heavy atom. The first kappa shape index (κ1) is 16.3. The van der Waals surface area contributed by atoms with Gasteiger partial charge in [-0.15, -0.1) is 0 Å². The van der Waals surface area contributed by atoms with E-state index in [1.165, 1.54) is 6.07 Å². The van der Waals surface area contributed by atoms with E-state index in [1.54, 1.807) is 18.7 Å². The fraction of sp³-hybridized carbons (Fsp3) is 0.500. The highest BCUT2D eigenvalue weighted by Crippen LogP contribution is 2.32. The Bertz CT molecular complexity index is 726. The van der Waals surface area contributed by atoms with Crippen LogP contribution in [0.2, 0.25) is 0 Å². The Morgan fingerprint density at radius 3 is 2.91 bits per heavy atom. The van der Waals surface area contributed by atoms with Crippen molar-refractivity contribution in [3.63, 3.8) is 0 Å². The number of benzene rings is 1. The first-order chi connectivity index (χ1) is 11.0. The molecular formula is C16H18F2N2O2S. The predicted octanol–water partition coefficient (Wildman–Crippen LogP) is 3.74. The maximum absolute atomic E-state index is 13.9. The zero-order valence-electron chi connectivity index (χ0n) is 13.0. The molecule has 0 saturated carbocycles. The van der Waals surface area contributed by atoms with Crippen LogP contribution in [0.5, 0.6) is 0 Å². The molecule has 1 aromatic carbocycles. The van der Waals surface area contributed by atoms with Gasteiger partial charge in [-0.3, -0.25) is 9.69 Å². The monoisotopic (exact) mass is 340 g/mol. The molecule has 0 aliphatic carbocycles. The van der Waals surface area contributed by atoms with Crippen molar-refractivity contribution >= 4 is 32.6 Å². The minimum atomic E-state index is -0.712. The van der Waals surface area contributed by atoms with Gasteiger partial charge in [0.05, 0.1) is 17.3 Å². The van der Waals surface area contributed by atoms with Crippen molar-refractivity contribution in [3.05, 3.63) is 23.8 Å².